The largest absolute Gasteiger partial charge is 0.484 e. The van der Waals surface area contributed by atoms with Gasteiger partial charge in [-0.25, -0.2) is 4.79 Å². The molecule has 142 valence electrons. The Hall–Kier alpha value is -2.98. The zero-order valence-corrected chi connectivity index (χ0v) is 15.9. The molecule has 1 aromatic carbocycles. The maximum absolute atomic E-state index is 11.8. The molecular weight excluding hydrogens is 390 g/mol. The molecule has 2 amide bonds. The summed E-state index contributed by atoms with van der Waals surface area (Å²) in [6.45, 7) is 1.73. The van der Waals surface area contributed by atoms with Crippen LogP contribution in [-0.2, 0) is 9.53 Å². The van der Waals surface area contributed by atoms with Crippen molar-refractivity contribution in [2.75, 3.05) is 13.2 Å². The Kier molecular flexibility index (Phi) is 7.71. The quantitative estimate of drug-likeness (QED) is 0.380. The summed E-state index contributed by atoms with van der Waals surface area (Å²) in [7, 11) is 0. The molecule has 0 unspecified atom stereocenters. The molecule has 0 saturated carbocycles. The SMILES string of the molecule is CCOC(=O)c1ccc(OCC(=O)NNC(=S)NC(=O)c2cccs2)cc1. The summed E-state index contributed by atoms with van der Waals surface area (Å²) in [5, 5.41) is 4.16. The monoisotopic (exact) mass is 407 g/mol. The normalized spacial score (nSPS) is 9.81. The third kappa shape index (κ3) is 6.68. The Bertz CT molecular complexity index is 806. The number of amides is 2. The molecule has 0 bridgehead atoms. The van der Waals surface area contributed by atoms with Gasteiger partial charge in [-0.05, 0) is 54.9 Å². The Morgan fingerprint density at radius 2 is 1.85 bits per heavy atom. The van der Waals surface area contributed by atoms with Crippen molar-refractivity contribution in [2.24, 2.45) is 0 Å². The Morgan fingerprint density at radius 3 is 2.48 bits per heavy atom. The first-order chi connectivity index (χ1) is 13.0. The number of carbonyl (C=O) groups excluding carboxylic acids is 3. The number of esters is 1. The first-order valence-corrected chi connectivity index (χ1v) is 9.12. The minimum Gasteiger partial charge on any atom is -0.484 e. The van der Waals surface area contributed by atoms with Crippen LogP contribution in [0.25, 0.3) is 0 Å². The molecule has 0 radical (unpaired) electrons. The van der Waals surface area contributed by atoms with Gasteiger partial charge in [-0.2, -0.15) is 0 Å². The van der Waals surface area contributed by atoms with E-state index < -0.39 is 11.9 Å². The molecule has 0 fully saturated rings. The van der Waals surface area contributed by atoms with Gasteiger partial charge in [-0.1, -0.05) is 6.07 Å². The van der Waals surface area contributed by atoms with E-state index in [4.69, 9.17) is 21.7 Å². The van der Waals surface area contributed by atoms with E-state index >= 15 is 0 Å². The van der Waals surface area contributed by atoms with Crippen LogP contribution in [0.3, 0.4) is 0 Å². The first kappa shape index (κ1) is 20.3. The fourth-order valence-electron chi connectivity index (χ4n) is 1.82. The van der Waals surface area contributed by atoms with Crippen LogP contribution >= 0.6 is 23.6 Å². The van der Waals surface area contributed by atoms with Gasteiger partial charge in [-0.3, -0.25) is 25.8 Å². The minimum atomic E-state index is -0.503. The van der Waals surface area contributed by atoms with E-state index in [2.05, 4.69) is 16.2 Å². The molecule has 3 N–H and O–H groups in total. The summed E-state index contributed by atoms with van der Waals surface area (Å²) in [6.07, 6.45) is 0. The summed E-state index contributed by atoms with van der Waals surface area (Å²) in [5.74, 6) is -0.886. The molecule has 0 aliphatic carbocycles. The third-order valence-electron chi connectivity index (χ3n) is 3.02. The molecule has 10 heteroatoms. The topological polar surface area (TPSA) is 106 Å². The summed E-state index contributed by atoms with van der Waals surface area (Å²) < 4.78 is 10.2. The zero-order valence-electron chi connectivity index (χ0n) is 14.3. The van der Waals surface area contributed by atoms with Gasteiger partial charge in [0.1, 0.15) is 5.75 Å². The number of ether oxygens (including phenoxy) is 2. The first-order valence-electron chi connectivity index (χ1n) is 7.83. The fourth-order valence-corrected chi connectivity index (χ4v) is 2.58. The molecule has 0 aliphatic heterocycles. The highest BCUT2D eigenvalue weighted by Crippen LogP contribution is 2.12. The standard InChI is InChI=1S/C17H17N3O5S2/c1-2-24-16(23)11-5-7-12(8-6-11)25-10-14(21)19-20-17(26)18-15(22)13-4-3-9-27-13/h3-9H,2,10H2,1H3,(H,19,21)(H2,18,20,22,26). The fraction of sp³-hybridized carbons (Fsp3) is 0.176. The molecule has 0 aliphatic rings. The number of thiocarbonyl (C=S) groups is 1. The lowest BCUT2D eigenvalue weighted by molar-refractivity contribution is -0.123. The van der Waals surface area contributed by atoms with Crippen LogP contribution in [-0.4, -0.2) is 36.1 Å². The Balaban J connectivity index is 1.70. The van der Waals surface area contributed by atoms with Crippen LogP contribution in [0.15, 0.2) is 41.8 Å². The number of hydrogen-bond donors (Lipinski definition) is 3. The van der Waals surface area contributed by atoms with Gasteiger partial charge >= 0.3 is 5.97 Å². The van der Waals surface area contributed by atoms with Crippen LogP contribution in [0.1, 0.15) is 27.0 Å². The van der Waals surface area contributed by atoms with Crippen molar-refractivity contribution in [2.45, 2.75) is 6.92 Å². The van der Waals surface area contributed by atoms with Gasteiger partial charge in [0.2, 0.25) is 0 Å². The van der Waals surface area contributed by atoms with Crippen LogP contribution in [0.4, 0.5) is 0 Å². The Labute approximate surface area is 164 Å². The highest BCUT2D eigenvalue weighted by molar-refractivity contribution is 7.80. The molecular formula is C17H17N3O5S2. The Morgan fingerprint density at radius 1 is 1.11 bits per heavy atom. The van der Waals surface area contributed by atoms with Crippen LogP contribution in [0, 0.1) is 0 Å². The summed E-state index contributed by atoms with van der Waals surface area (Å²) in [5.41, 5.74) is 5.11. The molecule has 2 aromatic rings. The average Bonchev–Trinajstić information content (AvgIpc) is 3.20. The van der Waals surface area contributed by atoms with Gasteiger partial charge in [0.05, 0.1) is 17.0 Å². The number of rotatable bonds is 6. The molecule has 1 aromatic heterocycles. The molecule has 0 spiro atoms. The molecule has 8 nitrogen and oxygen atoms in total. The van der Waals surface area contributed by atoms with Gasteiger partial charge < -0.3 is 9.47 Å². The number of thiophene rings is 1. The van der Waals surface area contributed by atoms with Gasteiger partial charge in [-0.15, -0.1) is 11.3 Å². The van der Waals surface area contributed by atoms with Gasteiger partial charge in [0.15, 0.2) is 11.7 Å². The van der Waals surface area contributed by atoms with E-state index in [0.717, 1.165) is 0 Å². The molecule has 27 heavy (non-hydrogen) atoms. The molecule has 0 saturated heterocycles. The van der Waals surface area contributed by atoms with Gasteiger partial charge in [0.25, 0.3) is 11.8 Å². The second-order valence-corrected chi connectivity index (χ2v) is 6.32. The molecule has 2 rings (SSSR count). The van der Waals surface area contributed by atoms with E-state index in [9.17, 15) is 14.4 Å². The van der Waals surface area contributed by atoms with Crippen molar-refractivity contribution in [1.82, 2.24) is 16.2 Å². The third-order valence-corrected chi connectivity index (χ3v) is 4.10. The summed E-state index contributed by atoms with van der Waals surface area (Å²) in [6, 6.07) is 9.59. The number of hydrogen-bond acceptors (Lipinski definition) is 7. The highest BCUT2D eigenvalue weighted by Gasteiger charge is 2.10. The lowest BCUT2D eigenvalue weighted by Crippen LogP contribution is -2.49. The number of nitrogens with one attached hydrogen (secondary N) is 3. The lowest BCUT2D eigenvalue weighted by Gasteiger charge is -2.11. The smallest absolute Gasteiger partial charge is 0.338 e. The minimum absolute atomic E-state index is 0.0412. The average molecular weight is 407 g/mol. The molecule has 1 heterocycles. The maximum atomic E-state index is 11.8. The van der Waals surface area contributed by atoms with Crippen molar-refractivity contribution in [1.29, 1.82) is 0 Å². The van der Waals surface area contributed by atoms with E-state index in [1.54, 1.807) is 48.7 Å². The van der Waals surface area contributed by atoms with Crippen LogP contribution in [0.5, 0.6) is 5.75 Å². The van der Waals surface area contributed by atoms with Crippen molar-refractivity contribution >= 4 is 46.5 Å². The maximum Gasteiger partial charge on any atom is 0.338 e. The van der Waals surface area contributed by atoms with E-state index in [0.29, 0.717) is 22.8 Å². The predicted octanol–water partition coefficient (Wildman–Crippen LogP) is 1.64. The zero-order chi connectivity index (χ0) is 19.6. The predicted molar refractivity (Wildman–Crippen MR) is 104 cm³/mol. The van der Waals surface area contributed by atoms with Crippen LogP contribution < -0.4 is 20.9 Å². The van der Waals surface area contributed by atoms with Crippen LogP contribution in [0.2, 0.25) is 0 Å². The van der Waals surface area contributed by atoms with Gasteiger partial charge in [0, 0.05) is 0 Å². The molecule has 0 atom stereocenters. The van der Waals surface area contributed by atoms with Crippen molar-refractivity contribution in [3.05, 3.63) is 52.2 Å². The summed E-state index contributed by atoms with van der Waals surface area (Å²) >= 11 is 6.20. The van der Waals surface area contributed by atoms with E-state index in [-0.39, 0.29) is 17.6 Å². The second kappa shape index (κ2) is 10.2. The van der Waals surface area contributed by atoms with Crippen molar-refractivity contribution < 1.29 is 23.9 Å². The highest BCUT2D eigenvalue weighted by atomic mass is 32.1. The van der Waals surface area contributed by atoms with E-state index in [1.165, 1.54) is 11.3 Å². The lowest BCUT2D eigenvalue weighted by atomic mass is 10.2. The van der Waals surface area contributed by atoms with E-state index in [1.807, 2.05) is 0 Å². The number of carbonyl (C=O) groups is 3. The second-order valence-electron chi connectivity index (χ2n) is 4.97. The number of hydrazine groups is 1. The number of benzene rings is 1. The van der Waals surface area contributed by atoms with Crippen molar-refractivity contribution in [3.63, 3.8) is 0 Å². The summed E-state index contributed by atoms with van der Waals surface area (Å²) in [4.78, 5) is 35.6. The van der Waals surface area contributed by atoms with Crippen molar-refractivity contribution in [3.8, 4) is 5.75 Å².